The van der Waals surface area contributed by atoms with Gasteiger partial charge in [0.25, 0.3) is 0 Å². The smallest absolute Gasteiger partial charge is 0.0931 e. The van der Waals surface area contributed by atoms with Gasteiger partial charge < -0.3 is 0 Å². The van der Waals surface area contributed by atoms with Crippen molar-refractivity contribution in [2.24, 2.45) is 11.8 Å². The lowest BCUT2D eigenvalue weighted by atomic mass is 9.98. The van der Waals surface area contributed by atoms with E-state index in [-0.39, 0.29) is 5.83 Å². The molecule has 0 bridgehead atoms. The van der Waals surface area contributed by atoms with Crippen LogP contribution in [0.3, 0.4) is 0 Å². The molecule has 0 aromatic carbocycles. The maximum Gasteiger partial charge on any atom is 0.0931 e. The molecule has 0 N–H and O–H groups in total. The molecule has 0 nitrogen and oxygen atoms in total. The van der Waals surface area contributed by atoms with E-state index in [0.717, 1.165) is 6.42 Å². The van der Waals surface area contributed by atoms with E-state index >= 15 is 0 Å². The van der Waals surface area contributed by atoms with Gasteiger partial charge >= 0.3 is 0 Å². The second-order valence-corrected chi connectivity index (χ2v) is 3.36. The van der Waals surface area contributed by atoms with Gasteiger partial charge in [0, 0.05) is 0 Å². The van der Waals surface area contributed by atoms with Gasteiger partial charge in [-0.25, -0.2) is 4.39 Å². The molecule has 0 amide bonds. The number of rotatable bonds is 3. The fraction of sp³-hybridized carbons (Fsp3) is 0.778. The molecule has 0 aromatic heterocycles. The van der Waals surface area contributed by atoms with Gasteiger partial charge in [-0.1, -0.05) is 26.8 Å². The first-order valence-corrected chi connectivity index (χ1v) is 3.86. The van der Waals surface area contributed by atoms with E-state index in [9.17, 15) is 4.39 Å². The molecular formula is C9H17F. The highest BCUT2D eigenvalue weighted by atomic mass is 19.1. The monoisotopic (exact) mass is 144 g/mol. The molecule has 0 rings (SSSR count). The molecule has 1 atom stereocenters. The molecule has 0 spiro atoms. The summed E-state index contributed by atoms with van der Waals surface area (Å²) in [5.41, 5.74) is 0. The lowest BCUT2D eigenvalue weighted by Crippen LogP contribution is -1.96. The summed E-state index contributed by atoms with van der Waals surface area (Å²) in [5, 5.41) is 0. The van der Waals surface area contributed by atoms with Gasteiger partial charge in [0.15, 0.2) is 0 Å². The molecule has 0 saturated carbocycles. The molecule has 0 saturated heterocycles. The molecular weight excluding hydrogens is 127 g/mol. The number of halogens is 1. The van der Waals surface area contributed by atoms with Crippen LogP contribution in [0.1, 0.15) is 34.1 Å². The van der Waals surface area contributed by atoms with Gasteiger partial charge in [0.2, 0.25) is 0 Å². The molecule has 0 radical (unpaired) electrons. The van der Waals surface area contributed by atoms with E-state index in [4.69, 9.17) is 0 Å². The highest BCUT2D eigenvalue weighted by Gasteiger charge is 2.01. The van der Waals surface area contributed by atoms with Gasteiger partial charge in [0.1, 0.15) is 0 Å². The van der Waals surface area contributed by atoms with Crippen LogP contribution in [0.5, 0.6) is 0 Å². The van der Waals surface area contributed by atoms with Crippen molar-refractivity contribution in [2.45, 2.75) is 34.1 Å². The second-order valence-electron chi connectivity index (χ2n) is 3.36. The van der Waals surface area contributed by atoms with Gasteiger partial charge in [-0.15, -0.1) is 0 Å². The van der Waals surface area contributed by atoms with Crippen molar-refractivity contribution in [1.82, 2.24) is 0 Å². The van der Waals surface area contributed by atoms with Crippen LogP contribution >= 0.6 is 0 Å². The Kier molecular flexibility index (Phi) is 4.33. The molecule has 0 aliphatic rings. The first kappa shape index (κ1) is 9.67. The molecule has 0 heterocycles. The van der Waals surface area contributed by atoms with Crippen molar-refractivity contribution in [3.8, 4) is 0 Å². The third-order valence-electron chi connectivity index (χ3n) is 1.36. The average Bonchev–Trinajstić information content (AvgIpc) is 1.58. The summed E-state index contributed by atoms with van der Waals surface area (Å²) in [6.07, 6.45) is 2.75. The normalized spacial score (nSPS) is 16.0. The Bertz CT molecular complexity index is 110. The zero-order valence-electron chi connectivity index (χ0n) is 7.32. The van der Waals surface area contributed by atoms with E-state index in [1.54, 1.807) is 6.08 Å². The zero-order chi connectivity index (χ0) is 8.15. The Morgan fingerprint density at radius 1 is 1.40 bits per heavy atom. The first-order chi connectivity index (χ1) is 4.52. The molecule has 0 aliphatic heterocycles. The Hall–Kier alpha value is -0.330. The van der Waals surface area contributed by atoms with Crippen molar-refractivity contribution in [3.63, 3.8) is 0 Å². The quantitative estimate of drug-likeness (QED) is 0.568. The van der Waals surface area contributed by atoms with E-state index in [1.165, 1.54) is 6.92 Å². The van der Waals surface area contributed by atoms with Gasteiger partial charge in [-0.05, 0) is 25.2 Å². The van der Waals surface area contributed by atoms with Crippen LogP contribution in [0.4, 0.5) is 4.39 Å². The number of hydrogen-bond acceptors (Lipinski definition) is 0. The molecule has 0 aliphatic carbocycles. The summed E-state index contributed by atoms with van der Waals surface area (Å²) in [6.45, 7) is 7.84. The molecule has 0 unspecified atom stereocenters. The Morgan fingerprint density at radius 2 is 1.90 bits per heavy atom. The van der Waals surface area contributed by atoms with Crippen LogP contribution in [0.25, 0.3) is 0 Å². The van der Waals surface area contributed by atoms with Crippen molar-refractivity contribution < 1.29 is 4.39 Å². The fourth-order valence-corrected chi connectivity index (χ4v) is 1.20. The van der Waals surface area contributed by atoms with Crippen LogP contribution in [0.15, 0.2) is 11.9 Å². The Morgan fingerprint density at radius 3 is 2.20 bits per heavy atom. The lowest BCUT2D eigenvalue weighted by Gasteiger charge is -2.08. The van der Waals surface area contributed by atoms with E-state index in [1.807, 2.05) is 6.92 Å². The first-order valence-electron chi connectivity index (χ1n) is 3.86. The zero-order valence-corrected chi connectivity index (χ0v) is 7.32. The van der Waals surface area contributed by atoms with Crippen molar-refractivity contribution in [3.05, 3.63) is 11.9 Å². The summed E-state index contributed by atoms with van der Waals surface area (Å²) < 4.78 is 12.3. The molecule has 1 heteroatoms. The maximum absolute atomic E-state index is 12.3. The predicted octanol–water partition coefficient (Wildman–Crippen LogP) is 3.54. The minimum absolute atomic E-state index is 0.0619. The fourth-order valence-electron chi connectivity index (χ4n) is 1.20. The van der Waals surface area contributed by atoms with Crippen molar-refractivity contribution >= 4 is 0 Å². The summed E-state index contributed by atoms with van der Waals surface area (Å²) in [4.78, 5) is 0. The van der Waals surface area contributed by atoms with Crippen LogP contribution in [-0.2, 0) is 0 Å². The minimum Gasteiger partial charge on any atom is -0.212 e. The molecule has 60 valence electrons. The van der Waals surface area contributed by atoms with Crippen LogP contribution in [-0.4, -0.2) is 0 Å². The number of hydrogen-bond donors (Lipinski definition) is 0. The predicted molar refractivity (Wildman–Crippen MR) is 43.5 cm³/mol. The highest BCUT2D eigenvalue weighted by molar-refractivity contribution is 4.90. The van der Waals surface area contributed by atoms with E-state index < -0.39 is 0 Å². The summed E-state index contributed by atoms with van der Waals surface area (Å²) in [5.74, 6) is 0.976. The number of allylic oxidation sites excluding steroid dienone is 2. The van der Waals surface area contributed by atoms with E-state index in [2.05, 4.69) is 13.8 Å². The molecule has 0 fully saturated rings. The maximum atomic E-state index is 12.3. The Balaban J connectivity index is 3.64. The van der Waals surface area contributed by atoms with Crippen molar-refractivity contribution in [2.75, 3.05) is 0 Å². The largest absolute Gasteiger partial charge is 0.212 e. The lowest BCUT2D eigenvalue weighted by molar-refractivity contribution is 0.491. The summed E-state index contributed by atoms with van der Waals surface area (Å²) >= 11 is 0. The third-order valence-corrected chi connectivity index (χ3v) is 1.36. The summed E-state index contributed by atoms with van der Waals surface area (Å²) in [7, 11) is 0. The van der Waals surface area contributed by atoms with Crippen LogP contribution < -0.4 is 0 Å². The summed E-state index contributed by atoms with van der Waals surface area (Å²) in [6, 6.07) is 0. The van der Waals surface area contributed by atoms with Gasteiger partial charge in [-0.3, -0.25) is 0 Å². The Labute approximate surface area is 63.1 Å². The second kappa shape index (κ2) is 4.48. The van der Waals surface area contributed by atoms with Crippen LogP contribution in [0, 0.1) is 11.8 Å². The molecule has 10 heavy (non-hydrogen) atoms. The average molecular weight is 144 g/mol. The van der Waals surface area contributed by atoms with Gasteiger partial charge in [-0.2, -0.15) is 0 Å². The van der Waals surface area contributed by atoms with Gasteiger partial charge in [0.05, 0.1) is 5.83 Å². The highest BCUT2D eigenvalue weighted by Crippen LogP contribution is 2.13. The topological polar surface area (TPSA) is 0 Å². The third kappa shape index (κ3) is 5.80. The van der Waals surface area contributed by atoms with Crippen LogP contribution in [0.2, 0.25) is 0 Å². The standard InChI is InChI=1S/C9H17F/c1-7(2)5-8(3)6-9(4)10/h6-8H,5H2,1-4H3/b9-6-/t8-/m1/s1. The van der Waals surface area contributed by atoms with E-state index in [0.29, 0.717) is 11.8 Å². The molecule has 0 aromatic rings. The van der Waals surface area contributed by atoms with Crippen molar-refractivity contribution in [1.29, 1.82) is 0 Å². The SMILES string of the molecule is C/C(F)=C/[C@H](C)CC(C)C. The minimum atomic E-state index is -0.0619.